The van der Waals surface area contributed by atoms with Gasteiger partial charge in [0.25, 0.3) is 0 Å². The molecule has 6 heteroatoms. The van der Waals surface area contributed by atoms with Crippen LogP contribution in [0.1, 0.15) is 17.8 Å². The molecule has 0 amide bonds. The van der Waals surface area contributed by atoms with Crippen LogP contribution >= 0.6 is 11.3 Å². The molecule has 1 aromatic heterocycles. The van der Waals surface area contributed by atoms with Crippen LogP contribution in [0.3, 0.4) is 0 Å². The zero-order chi connectivity index (χ0) is 12.5. The predicted octanol–water partition coefficient (Wildman–Crippen LogP) is 0.867. The van der Waals surface area contributed by atoms with Crippen molar-refractivity contribution in [3.05, 3.63) is 22.4 Å². The van der Waals surface area contributed by atoms with Crippen LogP contribution in [0.25, 0.3) is 0 Å². The highest BCUT2D eigenvalue weighted by molar-refractivity contribution is 7.91. The van der Waals surface area contributed by atoms with Crippen LogP contribution in [-0.4, -0.2) is 44.0 Å². The van der Waals surface area contributed by atoms with Crippen LogP contribution in [-0.2, 0) is 9.84 Å². The van der Waals surface area contributed by atoms with Crippen molar-refractivity contribution < 1.29 is 8.42 Å². The van der Waals surface area contributed by atoms with Crippen LogP contribution in [0.15, 0.2) is 17.5 Å². The van der Waals surface area contributed by atoms with Gasteiger partial charge in [0.1, 0.15) is 0 Å². The van der Waals surface area contributed by atoms with Crippen molar-refractivity contribution in [2.24, 2.45) is 5.73 Å². The maximum atomic E-state index is 11.5. The van der Waals surface area contributed by atoms with E-state index in [1.807, 2.05) is 18.4 Å². The Morgan fingerprint density at radius 3 is 2.94 bits per heavy atom. The fraction of sp³-hybridized carbons (Fsp3) is 0.636. The lowest BCUT2D eigenvalue weighted by Gasteiger charge is -2.38. The van der Waals surface area contributed by atoms with Crippen LogP contribution in [0.2, 0.25) is 0 Å². The molecule has 1 aromatic rings. The summed E-state index contributed by atoms with van der Waals surface area (Å²) >= 11 is 1.68. The normalized spacial score (nSPS) is 26.8. The molecule has 1 aliphatic heterocycles. The van der Waals surface area contributed by atoms with Gasteiger partial charge >= 0.3 is 0 Å². The molecule has 0 aromatic carbocycles. The van der Waals surface area contributed by atoms with Gasteiger partial charge in [-0.2, -0.15) is 0 Å². The Morgan fingerprint density at radius 1 is 1.65 bits per heavy atom. The maximum Gasteiger partial charge on any atom is 0.153 e. The van der Waals surface area contributed by atoms with Crippen LogP contribution in [0.4, 0.5) is 0 Å². The van der Waals surface area contributed by atoms with Gasteiger partial charge in [0.05, 0.1) is 17.5 Å². The van der Waals surface area contributed by atoms with Crippen molar-refractivity contribution in [3.8, 4) is 0 Å². The third kappa shape index (κ3) is 2.88. The van der Waals surface area contributed by atoms with E-state index in [-0.39, 0.29) is 23.6 Å². The molecule has 0 radical (unpaired) electrons. The second kappa shape index (κ2) is 5.06. The van der Waals surface area contributed by atoms with Gasteiger partial charge in [-0.1, -0.05) is 6.07 Å². The molecule has 0 bridgehead atoms. The molecular formula is C11H18N2O2S2. The summed E-state index contributed by atoms with van der Waals surface area (Å²) in [4.78, 5) is 3.44. The number of hydrogen-bond donors (Lipinski definition) is 1. The summed E-state index contributed by atoms with van der Waals surface area (Å²) in [7, 11) is -2.85. The summed E-state index contributed by atoms with van der Waals surface area (Å²) in [6, 6.07) is 4.27. The first kappa shape index (κ1) is 13.0. The zero-order valence-corrected chi connectivity index (χ0v) is 11.5. The van der Waals surface area contributed by atoms with E-state index in [4.69, 9.17) is 5.73 Å². The Hall–Kier alpha value is -0.430. The van der Waals surface area contributed by atoms with Crippen molar-refractivity contribution in [2.45, 2.75) is 19.0 Å². The molecule has 2 atom stereocenters. The zero-order valence-electron chi connectivity index (χ0n) is 9.87. The molecule has 2 unspecified atom stereocenters. The maximum absolute atomic E-state index is 11.5. The van der Waals surface area contributed by atoms with E-state index in [0.29, 0.717) is 13.1 Å². The van der Waals surface area contributed by atoms with Crippen molar-refractivity contribution in [1.29, 1.82) is 0 Å². The highest BCUT2D eigenvalue weighted by Crippen LogP contribution is 2.28. The van der Waals surface area contributed by atoms with Crippen molar-refractivity contribution in [2.75, 3.05) is 24.6 Å². The van der Waals surface area contributed by atoms with E-state index in [1.54, 1.807) is 11.3 Å². The quantitative estimate of drug-likeness (QED) is 0.888. The highest BCUT2D eigenvalue weighted by atomic mass is 32.2. The van der Waals surface area contributed by atoms with Crippen molar-refractivity contribution in [1.82, 2.24) is 4.90 Å². The summed E-state index contributed by atoms with van der Waals surface area (Å²) in [5.74, 6) is 0.494. The number of nitrogens with two attached hydrogens (primary N) is 1. The smallest absolute Gasteiger partial charge is 0.153 e. The van der Waals surface area contributed by atoms with E-state index in [1.165, 1.54) is 4.88 Å². The minimum Gasteiger partial charge on any atom is -0.329 e. The fourth-order valence-electron chi connectivity index (χ4n) is 2.37. The minimum atomic E-state index is -2.85. The van der Waals surface area contributed by atoms with Crippen LogP contribution in [0, 0.1) is 0 Å². The molecule has 2 N–H and O–H groups in total. The Balaban J connectivity index is 2.16. The standard InChI is InChI=1S/C11H18N2O2S2/c1-9-8-17(14,15)6-4-13(9)10(7-12)11-3-2-5-16-11/h2-3,5,9-10H,4,6-8,12H2,1H3. The number of hydrogen-bond acceptors (Lipinski definition) is 5. The molecule has 0 aliphatic carbocycles. The first-order valence-electron chi connectivity index (χ1n) is 5.73. The van der Waals surface area contributed by atoms with E-state index < -0.39 is 9.84 Å². The summed E-state index contributed by atoms with van der Waals surface area (Å²) in [6.07, 6.45) is 0. The third-order valence-electron chi connectivity index (χ3n) is 3.22. The van der Waals surface area contributed by atoms with Gasteiger partial charge in [-0.15, -0.1) is 11.3 Å². The van der Waals surface area contributed by atoms with E-state index in [0.717, 1.165) is 0 Å². The molecule has 17 heavy (non-hydrogen) atoms. The molecule has 0 spiro atoms. The van der Waals surface area contributed by atoms with E-state index in [9.17, 15) is 8.42 Å². The average molecular weight is 274 g/mol. The molecule has 4 nitrogen and oxygen atoms in total. The Morgan fingerprint density at radius 2 is 2.41 bits per heavy atom. The summed E-state index contributed by atoms with van der Waals surface area (Å²) in [5, 5.41) is 2.03. The summed E-state index contributed by atoms with van der Waals surface area (Å²) in [6.45, 7) is 3.08. The Kier molecular flexibility index (Phi) is 3.87. The van der Waals surface area contributed by atoms with Crippen LogP contribution < -0.4 is 5.73 Å². The number of rotatable bonds is 3. The van der Waals surface area contributed by atoms with E-state index in [2.05, 4.69) is 11.0 Å². The molecule has 1 saturated heterocycles. The molecule has 2 heterocycles. The lowest BCUT2D eigenvalue weighted by Crippen LogP contribution is -2.49. The highest BCUT2D eigenvalue weighted by Gasteiger charge is 2.32. The molecule has 2 rings (SSSR count). The number of sulfone groups is 1. The lowest BCUT2D eigenvalue weighted by atomic mass is 10.1. The predicted molar refractivity (Wildman–Crippen MR) is 70.9 cm³/mol. The molecule has 96 valence electrons. The van der Waals surface area contributed by atoms with Crippen molar-refractivity contribution in [3.63, 3.8) is 0 Å². The third-order valence-corrected chi connectivity index (χ3v) is 5.99. The van der Waals surface area contributed by atoms with Gasteiger partial charge in [-0.05, 0) is 18.4 Å². The van der Waals surface area contributed by atoms with E-state index >= 15 is 0 Å². The van der Waals surface area contributed by atoms with Gasteiger partial charge < -0.3 is 5.73 Å². The topological polar surface area (TPSA) is 63.4 Å². The van der Waals surface area contributed by atoms with Gasteiger partial charge in [-0.3, -0.25) is 4.90 Å². The largest absolute Gasteiger partial charge is 0.329 e. The number of nitrogens with zero attached hydrogens (tertiary/aromatic N) is 1. The molecule has 1 fully saturated rings. The molecule has 1 aliphatic rings. The summed E-state index contributed by atoms with van der Waals surface area (Å²) in [5.41, 5.74) is 5.84. The SMILES string of the molecule is CC1CS(=O)(=O)CCN1C(CN)c1cccs1. The van der Waals surface area contributed by atoms with Crippen LogP contribution in [0.5, 0.6) is 0 Å². The van der Waals surface area contributed by atoms with Gasteiger partial charge in [0.2, 0.25) is 0 Å². The van der Waals surface area contributed by atoms with Gasteiger partial charge in [0, 0.05) is 24.0 Å². The van der Waals surface area contributed by atoms with Crippen molar-refractivity contribution >= 4 is 21.2 Å². The lowest BCUT2D eigenvalue weighted by molar-refractivity contribution is 0.164. The Labute approximate surface area is 106 Å². The first-order valence-corrected chi connectivity index (χ1v) is 8.43. The second-order valence-electron chi connectivity index (χ2n) is 4.47. The molecule has 0 saturated carbocycles. The average Bonchev–Trinajstić information content (AvgIpc) is 2.74. The fourth-order valence-corrected chi connectivity index (χ4v) is 4.81. The second-order valence-corrected chi connectivity index (χ2v) is 7.68. The monoisotopic (exact) mass is 274 g/mol. The minimum absolute atomic E-state index is 0.0457. The first-order chi connectivity index (χ1) is 8.03. The molecular weight excluding hydrogens is 256 g/mol. The summed E-state index contributed by atoms with van der Waals surface area (Å²) < 4.78 is 23.1. The Bertz CT molecular complexity index is 456. The van der Waals surface area contributed by atoms with Gasteiger partial charge in [-0.25, -0.2) is 8.42 Å². The number of thiophene rings is 1. The van der Waals surface area contributed by atoms with Gasteiger partial charge in [0.15, 0.2) is 9.84 Å².